The average Bonchev–Trinajstić information content (AvgIpc) is 2.87. The van der Waals surface area contributed by atoms with Gasteiger partial charge in [-0.3, -0.25) is 9.59 Å². The van der Waals surface area contributed by atoms with Crippen LogP contribution in [0.1, 0.15) is 20.3 Å². The Morgan fingerprint density at radius 2 is 2.04 bits per heavy atom. The second-order valence-electron chi connectivity index (χ2n) is 6.47. The molecule has 9 heteroatoms. The Morgan fingerprint density at radius 3 is 2.50 bits per heavy atom. The van der Waals surface area contributed by atoms with Gasteiger partial charge >= 0.3 is 29.6 Å². The van der Waals surface area contributed by atoms with E-state index in [2.05, 4.69) is 0 Å². The first kappa shape index (κ1) is 19.8. The molecule has 2 fully saturated rings. The van der Waals surface area contributed by atoms with E-state index in [-0.39, 0.29) is 64.3 Å². The third kappa shape index (κ3) is 2.92. The third-order valence-corrected chi connectivity index (χ3v) is 6.37. The number of hydrogen-bond donors (Lipinski definition) is 1. The van der Waals surface area contributed by atoms with Crippen LogP contribution < -0.4 is 34.7 Å². The smallest absolute Gasteiger partial charge is 0.543 e. The van der Waals surface area contributed by atoms with Crippen LogP contribution in [0.25, 0.3) is 0 Å². The maximum absolute atomic E-state index is 12.2. The number of carbonyl (C=O) groups is 3. The van der Waals surface area contributed by atoms with Crippen LogP contribution in [0.5, 0.6) is 0 Å². The average molecular weight is 362 g/mol. The molecule has 7 nitrogen and oxygen atoms in total. The number of thioether (sulfide) groups is 1. The Hall–Kier alpha value is -0.540. The van der Waals surface area contributed by atoms with Crippen LogP contribution in [0, 0.1) is 11.8 Å². The number of aliphatic carboxylic acids is 1. The van der Waals surface area contributed by atoms with E-state index in [9.17, 15) is 24.6 Å². The molecule has 0 saturated carbocycles. The molecule has 5 atom stereocenters. The summed E-state index contributed by atoms with van der Waals surface area (Å²) in [6.45, 7) is 3.96. The number of nitrogens with zero attached hydrogens (tertiary/aromatic N) is 2. The summed E-state index contributed by atoms with van der Waals surface area (Å²) in [7, 11) is 1.72. The van der Waals surface area contributed by atoms with Crippen molar-refractivity contribution < 1.29 is 54.2 Å². The largest absolute Gasteiger partial charge is 1.00 e. The van der Waals surface area contributed by atoms with Crippen LogP contribution in [-0.4, -0.2) is 63.7 Å². The molecule has 0 aromatic carbocycles. The zero-order valence-corrected chi connectivity index (χ0v) is 17.0. The van der Waals surface area contributed by atoms with Gasteiger partial charge in [0.05, 0.1) is 29.7 Å². The summed E-state index contributed by atoms with van der Waals surface area (Å²) < 4.78 is 0. The summed E-state index contributed by atoms with van der Waals surface area (Å²) in [6, 6.07) is -0.340. The zero-order valence-electron chi connectivity index (χ0n) is 14.2. The van der Waals surface area contributed by atoms with Crippen molar-refractivity contribution in [3.05, 3.63) is 10.6 Å². The zero-order chi connectivity index (χ0) is 17.0. The third-order valence-electron chi connectivity index (χ3n) is 4.90. The summed E-state index contributed by atoms with van der Waals surface area (Å²) in [5.41, 5.74) is -0.0867. The van der Waals surface area contributed by atoms with Crippen LogP contribution in [-0.2, 0) is 14.4 Å². The number of fused-ring (bicyclic) bond motifs is 1. The first-order valence-electron chi connectivity index (χ1n) is 7.61. The summed E-state index contributed by atoms with van der Waals surface area (Å²) in [5.74, 6) is -2.48. The molecule has 24 heavy (non-hydrogen) atoms. The van der Waals surface area contributed by atoms with E-state index >= 15 is 0 Å². The van der Waals surface area contributed by atoms with E-state index in [4.69, 9.17) is 0 Å². The predicted octanol–water partition coefficient (Wildman–Crippen LogP) is -4.23. The van der Waals surface area contributed by atoms with Gasteiger partial charge in [0, 0.05) is 36.1 Å². The van der Waals surface area contributed by atoms with Gasteiger partial charge in [-0.05, 0) is 6.92 Å². The number of carboxylic acids is 1. The van der Waals surface area contributed by atoms with Gasteiger partial charge in [0.1, 0.15) is 0 Å². The van der Waals surface area contributed by atoms with Crippen molar-refractivity contribution in [3.8, 4) is 0 Å². The summed E-state index contributed by atoms with van der Waals surface area (Å²) >= 11 is 1.35. The minimum absolute atomic E-state index is 0. The number of aliphatic hydroxyl groups is 1. The van der Waals surface area contributed by atoms with Crippen molar-refractivity contribution in [2.45, 2.75) is 37.7 Å². The second kappa shape index (κ2) is 6.99. The first-order chi connectivity index (χ1) is 10.7. The van der Waals surface area contributed by atoms with Gasteiger partial charge in [-0.1, -0.05) is 6.92 Å². The Balaban J connectivity index is 0.00000208. The van der Waals surface area contributed by atoms with Crippen LogP contribution in [0.2, 0.25) is 0 Å². The fourth-order valence-electron chi connectivity index (χ4n) is 3.75. The molecular formula is C15H19N2NaO5S. The van der Waals surface area contributed by atoms with Crippen molar-refractivity contribution in [3.63, 3.8) is 0 Å². The molecule has 1 N–H and O–H groups in total. The van der Waals surface area contributed by atoms with E-state index in [1.807, 2.05) is 6.92 Å². The van der Waals surface area contributed by atoms with Crippen LogP contribution in [0.3, 0.4) is 0 Å². The quantitative estimate of drug-likeness (QED) is 0.402. The number of amides is 2. The standard InChI is InChI=1S/C15H20N2O5S.Na/c1-6-11-10(7(2)18)14(20)17(11)12(15(21)22)13(6)23-8-4-9(19)16(3)5-8;/h6-8,10-11,18H,4-5H2,1-3H3,(H,21,22);/q;+1/p-1/t6-,7-,8-,10-,11-;/m1./s1. The van der Waals surface area contributed by atoms with Gasteiger partial charge < -0.3 is 24.8 Å². The molecule has 0 bridgehead atoms. The number of carboxylic acid groups (broad SMARTS) is 1. The normalized spacial score (nSPS) is 33.3. The topological polar surface area (TPSA) is 101 Å². The van der Waals surface area contributed by atoms with E-state index in [1.165, 1.54) is 16.7 Å². The molecule has 2 amide bonds. The molecule has 0 aromatic rings. The molecule has 0 spiro atoms. The molecule has 3 aliphatic rings. The molecule has 3 rings (SSSR count). The van der Waals surface area contributed by atoms with Crippen molar-refractivity contribution in [2.75, 3.05) is 13.6 Å². The van der Waals surface area contributed by atoms with E-state index in [1.54, 1.807) is 18.9 Å². The SMILES string of the molecule is C[C@@H](O)[C@H]1C(=O)N2C(C(=O)[O-])=C(S[C@@H]3CC(=O)N(C)C3)[C@H](C)[C@H]12.[Na+]. The molecule has 126 valence electrons. The van der Waals surface area contributed by atoms with E-state index in [0.29, 0.717) is 17.9 Å². The van der Waals surface area contributed by atoms with Crippen molar-refractivity contribution in [1.29, 1.82) is 0 Å². The number of hydrogen-bond acceptors (Lipinski definition) is 6. The summed E-state index contributed by atoms with van der Waals surface area (Å²) in [6.07, 6.45) is -0.464. The van der Waals surface area contributed by atoms with Gasteiger partial charge in [-0.15, -0.1) is 11.8 Å². The number of carbonyl (C=O) groups excluding carboxylic acids is 3. The summed E-state index contributed by atoms with van der Waals surface area (Å²) in [4.78, 5) is 38.9. The first-order valence-corrected chi connectivity index (χ1v) is 8.49. The minimum Gasteiger partial charge on any atom is -0.543 e. The van der Waals surface area contributed by atoms with Gasteiger partial charge in [-0.2, -0.15) is 0 Å². The summed E-state index contributed by atoms with van der Waals surface area (Å²) in [5, 5.41) is 21.3. The van der Waals surface area contributed by atoms with E-state index in [0.717, 1.165) is 0 Å². The molecule has 3 aliphatic heterocycles. The van der Waals surface area contributed by atoms with Crippen LogP contribution in [0.15, 0.2) is 10.6 Å². The molecule has 2 saturated heterocycles. The molecule has 0 radical (unpaired) electrons. The van der Waals surface area contributed by atoms with Gasteiger partial charge in [0.25, 0.3) is 0 Å². The van der Waals surface area contributed by atoms with Crippen LogP contribution >= 0.6 is 11.8 Å². The number of rotatable bonds is 4. The van der Waals surface area contributed by atoms with Crippen molar-refractivity contribution in [1.82, 2.24) is 9.80 Å². The molecule has 0 unspecified atom stereocenters. The molecule has 0 aromatic heterocycles. The number of aliphatic hydroxyl groups excluding tert-OH is 1. The van der Waals surface area contributed by atoms with Crippen LogP contribution in [0.4, 0.5) is 0 Å². The van der Waals surface area contributed by atoms with E-state index < -0.39 is 18.0 Å². The Kier molecular flexibility index (Phi) is 5.76. The monoisotopic (exact) mass is 362 g/mol. The second-order valence-corrected chi connectivity index (χ2v) is 7.81. The Bertz CT molecular complexity index is 623. The Labute approximate surface area is 166 Å². The maximum Gasteiger partial charge on any atom is 1.00 e. The molecule has 0 aliphatic carbocycles. The predicted molar refractivity (Wildman–Crippen MR) is 80.6 cm³/mol. The van der Waals surface area contributed by atoms with Crippen molar-refractivity contribution in [2.24, 2.45) is 11.8 Å². The fourth-order valence-corrected chi connectivity index (χ4v) is 5.28. The Morgan fingerprint density at radius 1 is 1.42 bits per heavy atom. The van der Waals surface area contributed by atoms with Gasteiger partial charge in [-0.25, -0.2) is 0 Å². The van der Waals surface area contributed by atoms with Crippen molar-refractivity contribution >= 4 is 29.5 Å². The fraction of sp³-hybridized carbons (Fsp3) is 0.667. The number of β-lactam (4-membered cyclic amide) rings is 1. The molecular weight excluding hydrogens is 343 g/mol. The van der Waals surface area contributed by atoms with Gasteiger partial charge in [0.15, 0.2) is 0 Å². The van der Waals surface area contributed by atoms with Gasteiger partial charge in [0.2, 0.25) is 11.8 Å². The maximum atomic E-state index is 12.2. The molecule has 3 heterocycles. The minimum atomic E-state index is -1.38. The number of likely N-dealkylation sites (tertiary alicyclic amines) is 1.